The number of amidine groups is 1. The number of carboxylic acid groups (broad SMARTS) is 1. The van der Waals surface area contributed by atoms with Gasteiger partial charge in [0.15, 0.2) is 5.17 Å². The van der Waals surface area contributed by atoms with Crippen molar-refractivity contribution >= 4 is 40.2 Å². The standard InChI is InChI=1S/C20H27ClN4O5S/c1-30-19(29)24-7-6-20(10-24)11-25(15-4-2-12(21)8-14(15)20)18(28)23-17-22-9-13(31-17)3-5-16(26)27/h2,4,8,13,18-19,28-29H,3,5-7,9-11H2,1H3,(H,22,23)(H,26,27). The summed E-state index contributed by atoms with van der Waals surface area (Å²) in [5.41, 5.74) is 1.66. The summed E-state index contributed by atoms with van der Waals surface area (Å²) in [5, 5.41) is 34.4. The van der Waals surface area contributed by atoms with Crippen LogP contribution in [0.1, 0.15) is 24.8 Å². The van der Waals surface area contributed by atoms with Crippen LogP contribution in [-0.2, 0) is 14.9 Å². The van der Waals surface area contributed by atoms with E-state index >= 15 is 0 Å². The maximum atomic E-state index is 11.0. The molecule has 1 saturated heterocycles. The second-order valence-electron chi connectivity index (χ2n) is 8.19. The van der Waals surface area contributed by atoms with Crippen LogP contribution in [0.5, 0.6) is 0 Å². The number of rotatable bonds is 7. The monoisotopic (exact) mass is 470 g/mol. The number of aliphatic hydroxyl groups is 2. The van der Waals surface area contributed by atoms with Gasteiger partial charge in [0, 0.05) is 54.5 Å². The lowest BCUT2D eigenvalue weighted by Crippen LogP contribution is -2.49. The van der Waals surface area contributed by atoms with Gasteiger partial charge in [-0.2, -0.15) is 0 Å². The van der Waals surface area contributed by atoms with Crippen LogP contribution in [0.4, 0.5) is 5.69 Å². The largest absolute Gasteiger partial charge is 0.481 e. The number of likely N-dealkylation sites (tertiary alicyclic amines) is 1. The second kappa shape index (κ2) is 9.13. The van der Waals surface area contributed by atoms with Crippen LogP contribution in [0.15, 0.2) is 23.2 Å². The predicted octanol–water partition coefficient (Wildman–Crippen LogP) is 1.23. The van der Waals surface area contributed by atoms with Crippen molar-refractivity contribution in [3.8, 4) is 0 Å². The molecule has 9 nitrogen and oxygen atoms in total. The highest BCUT2D eigenvalue weighted by atomic mass is 35.5. The first kappa shape index (κ1) is 22.6. The van der Waals surface area contributed by atoms with Crippen LogP contribution >= 0.6 is 23.4 Å². The Hall–Kier alpha value is -1.56. The number of aliphatic carboxylic acids is 1. The first-order valence-corrected chi connectivity index (χ1v) is 11.5. The molecule has 0 aromatic heterocycles. The van der Waals surface area contributed by atoms with Crippen LogP contribution in [-0.4, -0.2) is 82.7 Å². The summed E-state index contributed by atoms with van der Waals surface area (Å²) in [6, 6.07) is 5.65. The van der Waals surface area contributed by atoms with E-state index in [1.165, 1.54) is 18.9 Å². The van der Waals surface area contributed by atoms with Crippen molar-refractivity contribution in [3.05, 3.63) is 28.8 Å². The van der Waals surface area contributed by atoms with E-state index in [1.807, 2.05) is 21.9 Å². The van der Waals surface area contributed by atoms with Crippen molar-refractivity contribution < 1.29 is 24.9 Å². The fourth-order valence-electron chi connectivity index (χ4n) is 4.61. The number of nitrogens with zero attached hydrogens (tertiary/aromatic N) is 3. The number of methoxy groups -OCH3 is 1. The number of anilines is 1. The Morgan fingerprint density at radius 2 is 2.26 bits per heavy atom. The topological polar surface area (TPSA) is 118 Å². The van der Waals surface area contributed by atoms with Crippen molar-refractivity contribution in [3.63, 3.8) is 0 Å². The lowest BCUT2D eigenvalue weighted by Gasteiger charge is -2.30. The molecule has 3 aliphatic heterocycles. The molecule has 4 atom stereocenters. The van der Waals surface area contributed by atoms with E-state index in [4.69, 9.17) is 21.4 Å². The molecule has 1 fully saturated rings. The number of halogens is 1. The number of aliphatic hydroxyl groups excluding tert-OH is 2. The molecule has 0 bridgehead atoms. The minimum Gasteiger partial charge on any atom is -0.481 e. The molecule has 11 heteroatoms. The SMILES string of the molecule is COC(O)N1CCC2(C1)CN(C(O)NC1=NCC(CCC(=O)O)S1)c1ccc(Cl)cc12. The Balaban J connectivity index is 1.47. The van der Waals surface area contributed by atoms with Crippen molar-refractivity contribution in [2.24, 2.45) is 4.99 Å². The van der Waals surface area contributed by atoms with Gasteiger partial charge in [-0.1, -0.05) is 23.4 Å². The van der Waals surface area contributed by atoms with Crippen molar-refractivity contribution in [1.82, 2.24) is 10.2 Å². The molecule has 4 unspecified atom stereocenters. The smallest absolute Gasteiger partial charge is 0.303 e. The van der Waals surface area contributed by atoms with Gasteiger partial charge in [0.2, 0.25) is 12.8 Å². The fourth-order valence-corrected chi connectivity index (χ4v) is 5.80. The Kier molecular flexibility index (Phi) is 6.66. The second-order valence-corrected chi connectivity index (χ2v) is 9.91. The summed E-state index contributed by atoms with van der Waals surface area (Å²) in [4.78, 5) is 19.0. The zero-order valence-electron chi connectivity index (χ0n) is 17.2. The first-order chi connectivity index (χ1) is 14.8. The van der Waals surface area contributed by atoms with E-state index in [2.05, 4.69) is 10.3 Å². The van der Waals surface area contributed by atoms with Gasteiger partial charge in [-0.15, -0.1) is 0 Å². The molecule has 1 spiro atoms. The molecule has 4 rings (SSSR count). The molecule has 3 aliphatic rings. The van der Waals surface area contributed by atoms with E-state index < -0.39 is 18.7 Å². The number of aliphatic imine (C=N–C) groups is 1. The van der Waals surface area contributed by atoms with Crippen molar-refractivity contribution in [2.45, 2.75) is 42.7 Å². The maximum absolute atomic E-state index is 11.0. The number of benzene rings is 1. The average molecular weight is 471 g/mol. The number of nitrogens with one attached hydrogen (secondary N) is 1. The molecule has 0 saturated carbocycles. The summed E-state index contributed by atoms with van der Waals surface area (Å²) in [5.74, 6) is -0.816. The maximum Gasteiger partial charge on any atom is 0.303 e. The summed E-state index contributed by atoms with van der Waals surface area (Å²) in [6.45, 7) is 2.36. The lowest BCUT2D eigenvalue weighted by atomic mass is 9.81. The lowest BCUT2D eigenvalue weighted by molar-refractivity contribution is -0.170. The van der Waals surface area contributed by atoms with Crippen LogP contribution in [0, 0.1) is 0 Å². The Morgan fingerprint density at radius 1 is 1.45 bits per heavy atom. The highest BCUT2D eigenvalue weighted by Crippen LogP contribution is 2.48. The third-order valence-electron chi connectivity index (χ3n) is 6.16. The van der Waals surface area contributed by atoms with Gasteiger partial charge in [0.25, 0.3) is 0 Å². The third kappa shape index (κ3) is 4.64. The zero-order chi connectivity index (χ0) is 22.2. The van der Waals surface area contributed by atoms with E-state index in [0.717, 1.165) is 17.7 Å². The Morgan fingerprint density at radius 3 is 3.00 bits per heavy atom. The Bertz CT molecular complexity index is 874. The Labute approximate surface area is 190 Å². The van der Waals surface area contributed by atoms with Gasteiger partial charge >= 0.3 is 5.97 Å². The predicted molar refractivity (Wildman–Crippen MR) is 119 cm³/mol. The molecule has 0 aliphatic carbocycles. The number of hydrogen-bond donors (Lipinski definition) is 4. The van der Waals surface area contributed by atoms with Crippen LogP contribution in [0.25, 0.3) is 0 Å². The van der Waals surface area contributed by atoms with Gasteiger partial charge in [-0.3, -0.25) is 14.7 Å². The molecule has 1 aromatic rings. The van der Waals surface area contributed by atoms with Crippen LogP contribution in [0.2, 0.25) is 5.02 Å². The minimum atomic E-state index is -0.995. The highest BCUT2D eigenvalue weighted by Gasteiger charge is 2.50. The van der Waals surface area contributed by atoms with Gasteiger partial charge < -0.3 is 30.3 Å². The summed E-state index contributed by atoms with van der Waals surface area (Å²) in [6.07, 6.45) is -0.514. The van der Waals surface area contributed by atoms with E-state index in [1.54, 1.807) is 6.07 Å². The van der Waals surface area contributed by atoms with Gasteiger partial charge in [0.05, 0.1) is 6.54 Å². The van der Waals surface area contributed by atoms with Gasteiger partial charge in [0.1, 0.15) is 0 Å². The van der Waals surface area contributed by atoms with E-state index in [-0.39, 0.29) is 17.1 Å². The number of carbonyl (C=O) groups is 1. The molecule has 0 radical (unpaired) electrons. The molecular weight excluding hydrogens is 444 g/mol. The molecule has 170 valence electrons. The average Bonchev–Trinajstić information content (AvgIpc) is 3.45. The molecular formula is C20H27ClN4O5S. The molecule has 4 N–H and O–H groups in total. The summed E-state index contributed by atoms with van der Waals surface area (Å²) >= 11 is 7.76. The summed E-state index contributed by atoms with van der Waals surface area (Å²) in [7, 11) is 1.47. The zero-order valence-corrected chi connectivity index (χ0v) is 18.8. The molecule has 31 heavy (non-hydrogen) atoms. The normalized spacial score (nSPS) is 27.4. The van der Waals surface area contributed by atoms with E-state index in [9.17, 15) is 15.0 Å². The van der Waals surface area contributed by atoms with E-state index in [0.29, 0.717) is 42.8 Å². The fraction of sp³-hybridized carbons (Fsp3) is 0.600. The van der Waals surface area contributed by atoms with Crippen LogP contribution < -0.4 is 10.2 Å². The number of hydrogen-bond acceptors (Lipinski definition) is 9. The van der Waals surface area contributed by atoms with Crippen LogP contribution in [0.3, 0.4) is 0 Å². The number of carboxylic acids is 1. The molecule has 3 heterocycles. The quantitative estimate of drug-likeness (QED) is 0.436. The van der Waals surface area contributed by atoms with Crippen molar-refractivity contribution in [1.29, 1.82) is 0 Å². The minimum absolute atomic E-state index is 0.0979. The highest BCUT2D eigenvalue weighted by molar-refractivity contribution is 8.14. The first-order valence-electron chi connectivity index (χ1n) is 10.2. The number of ether oxygens (including phenoxy) is 1. The van der Waals surface area contributed by atoms with Gasteiger partial charge in [-0.25, -0.2) is 0 Å². The van der Waals surface area contributed by atoms with Crippen molar-refractivity contribution in [2.75, 3.05) is 38.2 Å². The summed E-state index contributed by atoms with van der Waals surface area (Å²) < 4.78 is 5.08. The number of fused-ring (bicyclic) bond motifs is 2. The number of thioether (sulfide) groups is 1. The van der Waals surface area contributed by atoms with Gasteiger partial charge in [-0.05, 0) is 36.6 Å². The molecule has 1 aromatic carbocycles. The molecule has 0 amide bonds. The third-order valence-corrected chi connectivity index (χ3v) is 7.59.